The smallest absolute Gasteiger partial charge is 0.254 e. The Balaban J connectivity index is 1.25. The third-order valence-corrected chi connectivity index (χ3v) is 5.30. The van der Waals surface area contributed by atoms with E-state index in [1.54, 1.807) is 17.0 Å². The van der Waals surface area contributed by atoms with Crippen molar-refractivity contribution >= 4 is 11.6 Å². The predicted molar refractivity (Wildman–Crippen MR) is 98.5 cm³/mol. The molecule has 8 nitrogen and oxygen atoms in total. The molecule has 1 atom stereocenters. The average Bonchev–Trinajstić information content (AvgIpc) is 3.13. The summed E-state index contributed by atoms with van der Waals surface area (Å²) in [5.74, 6) is 1.65. The number of nitrogens with zero attached hydrogens (tertiary/aromatic N) is 6. The molecule has 3 aromatic rings. The minimum absolute atomic E-state index is 0.137. The fraction of sp³-hybridized carbons (Fsp3) is 0.474. The zero-order chi connectivity index (χ0) is 18.3. The van der Waals surface area contributed by atoms with Gasteiger partial charge in [-0.2, -0.15) is 14.6 Å². The summed E-state index contributed by atoms with van der Waals surface area (Å²) < 4.78 is 14.1. The number of ether oxygens (including phenoxy) is 2. The molecule has 27 heavy (non-hydrogen) atoms. The third-order valence-electron chi connectivity index (χ3n) is 5.30. The van der Waals surface area contributed by atoms with Gasteiger partial charge in [0.15, 0.2) is 0 Å². The minimum atomic E-state index is -0.137. The van der Waals surface area contributed by atoms with E-state index in [9.17, 15) is 0 Å². The second-order valence-electron chi connectivity index (χ2n) is 7.40. The Labute approximate surface area is 157 Å². The number of pyridine rings is 1. The van der Waals surface area contributed by atoms with Gasteiger partial charge in [0.1, 0.15) is 17.7 Å². The largest absolute Gasteiger partial charge is 0.373 e. The van der Waals surface area contributed by atoms with Gasteiger partial charge in [-0.25, -0.2) is 4.98 Å². The number of aromatic nitrogens is 5. The normalized spacial score (nSPS) is 21.5. The summed E-state index contributed by atoms with van der Waals surface area (Å²) >= 11 is 0. The molecule has 0 radical (unpaired) electrons. The second-order valence-corrected chi connectivity index (χ2v) is 7.40. The Hall–Kier alpha value is -2.58. The summed E-state index contributed by atoms with van der Waals surface area (Å²) in [6.45, 7) is 4.98. The molecule has 5 rings (SSSR count). The lowest BCUT2D eigenvalue weighted by Crippen LogP contribution is -2.66. The van der Waals surface area contributed by atoms with Crippen molar-refractivity contribution in [3.05, 3.63) is 48.2 Å². The first kappa shape index (κ1) is 16.6. The van der Waals surface area contributed by atoms with Gasteiger partial charge >= 0.3 is 0 Å². The maximum atomic E-state index is 6.16. The van der Waals surface area contributed by atoms with Crippen LogP contribution in [0.4, 0.5) is 5.82 Å². The van der Waals surface area contributed by atoms with Crippen LogP contribution in [-0.2, 0) is 16.1 Å². The first-order valence-electron chi connectivity index (χ1n) is 9.28. The first-order chi connectivity index (χ1) is 13.2. The van der Waals surface area contributed by atoms with Crippen LogP contribution in [0.15, 0.2) is 36.9 Å². The Kier molecular flexibility index (Phi) is 4.02. The fourth-order valence-electron chi connectivity index (χ4n) is 3.99. The molecule has 2 aliphatic rings. The van der Waals surface area contributed by atoms with Gasteiger partial charge in [-0.1, -0.05) is 6.07 Å². The van der Waals surface area contributed by atoms with Crippen LogP contribution in [-0.4, -0.2) is 56.0 Å². The van der Waals surface area contributed by atoms with E-state index in [4.69, 9.17) is 9.47 Å². The third kappa shape index (κ3) is 3.15. The molecule has 140 valence electrons. The lowest BCUT2D eigenvalue weighted by Gasteiger charge is -2.53. The van der Waals surface area contributed by atoms with E-state index in [-0.39, 0.29) is 11.7 Å². The number of aryl methyl sites for hydroxylation is 1. The van der Waals surface area contributed by atoms with Crippen molar-refractivity contribution in [2.75, 3.05) is 24.6 Å². The molecule has 2 saturated heterocycles. The molecule has 2 aliphatic heterocycles. The van der Waals surface area contributed by atoms with Crippen LogP contribution in [0.1, 0.15) is 24.1 Å². The lowest BCUT2D eigenvalue weighted by molar-refractivity contribution is -0.148. The Morgan fingerprint density at radius 1 is 1.37 bits per heavy atom. The maximum Gasteiger partial charge on any atom is 0.254 e. The Morgan fingerprint density at radius 2 is 2.30 bits per heavy atom. The molecule has 0 aromatic carbocycles. The molecule has 2 fully saturated rings. The van der Waals surface area contributed by atoms with Crippen molar-refractivity contribution in [1.29, 1.82) is 0 Å². The van der Waals surface area contributed by atoms with Crippen LogP contribution < -0.4 is 4.90 Å². The Morgan fingerprint density at radius 3 is 3.15 bits per heavy atom. The highest BCUT2D eigenvalue weighted by molar-refractivity contribution is 5.50. The Bertz CT molecular complexity index is 938. The van der Waals surface area contributed by atoms with E-state index in [1.165, 1.54) is 0 Å². The van der Waals surface area contributed by atoms with Crippen molar-refractivity contribution in [3.8, 4) is 0 Å². The number of rotatable bonds is 4. The van der Waals surface area contributed by atoms with Gasteiger partial charge in [0, 0.05) is 37.2 Å². The van der Waals surface area contributed by atoms with Gasteiger partial charge in [-0.3, -0.25) is 4.98 Å². The van der Waals surface area contributed by atoms with E-state index < -0.39 is 0 Å². The molecule has 5 heterocycles. The fourth-order valence-corrected chi connectivity index (χ4v) is 3.99. The van der Waals surface area contributed by atoms with Crippen LogP contribution >= 0.6 is 0 Å². The number of anilines is 1. The molecule has 1 unspecified atom stereocenters. The van der Waals surface area contributed by atoms with Crippen molar-refractivity contribution < 1.29 is 9.47 Å². The average molecular weight is 366 g/mol. The molecular formula is C19H22N6O2. The van der Waals surface area contributed by atoms with Gasteiger partial charge in [0.2, 0.25) is 0 Å². The highest BCUT2D eigenvalue weighted by Crippen LogP contribution is 2.38. The number of hydrogen-bond donors (Lipinski definition) is 0. The number of fused-ring (bicyclic) bond motifs is 1. The van der Waals surface area contributed by atoms with Gasteiger partial charge in [-0.05, 0) is 25.0 Å². The quantitative estimate of drug-likeness (QED) is 0.696. The molecule has 0 amide bonds. The van der Waals surface area contributed by atoms with Crippen molar-refractivity contribution in [2.24, 2.45) is 0 Å². The first-order valence-corrected chi connectivity index (χ1v) is 9.28. The van der Waals surface area contributed by atoms with Crippen molar-refractivity contribution in [3.63, 3.8) is 0 Å². The summed E-state index contributed by atoms with van der Waals surface area (Å²) in [4.78, 5) is 15.0. The lowest BCUT2D eigenvalue weighted by atomic mass is 9.84. The van der Waals surface area contributed by atoms with E-state index in [1.807, 2.05) is 31.3 Å². The van der Waals surface area contributed by atoms with E-state index in [0.717, 1.165) is 49.6 Å². The SMILES string of the molecule is Cc1cc(N2CC3(CC(OCc4cccnc4)CCO3)C2)n2ncnc2n1. The summed E-state index contributed by atoms with van der Waals surface area (Å²) in [6, 6.07) is 6.03. The van der Waals surface area contributed by atoms with Crippen molar-refractivity contribution in [2.45, 2.75) is 38.1 Å². The molecule has 1 spiro atoms. The van der Waals surface area contributed by atoms with Gasteiger partial charge in [0.25, 0.3) is 5.78 Å². The van der Waals surface area contributed by atoms with Crippen LogP contribution in [0, 0.1) is 6.92 Å². The van der Waals surface area contributed by atoms with Crippen molar-refractivity contribution in [1.82, 2.24) is 24.6 Å². The molecule has 3 aromatic heterocycles. The monoisotopic (exact) mass is 366 g/mol. The molecule has 8 heteroatoms. The molecular weight excluding hydrogens is 344 g/mol. The second kappa shape index (κ2) is 6.54. The van der Waals surface area contributed by atoms with Crippen LogP contribution in [0.2, 0.25) is 0 Å². The molecule has 0 saturated carbocycles. The van der Waals surface area contributed by atoms with Gasteiger partial charge in [0.05, 0.1) is 25.8 Å². The zero-order valence-corrected chi connectivity index (χ0v) is 15.3. The van der Waals surface area contributed by atoms with Crippen LogP contribution in [0.3, 0.4) is 0 Å². The summed E-state index contributed by atoms with van der Waals surface area (Å²) in [5, 5.41) is 4.30. The van der Waals surface area contributed by atoms with Crippen LogP contribution in [0.5, 0.6) is 0 Å². The summed E-state index contributed by atoms with van der Waals surface area (Å²) in [5.41, 5.74) is 1.91. The molecule has 0 aliphatic carbocycles. The summed E-state index contributed by atoms with van der Waals surface area (Å²) in [6.07, 6.45) is 7.24. The topological polar surface area (TPSA) is 77.7 Å². The van der Waals surface area contributed by atoms with Crippen LogP contribution in [0.25, 0.3) is 5.78 Å². The zero-order valence-electron chi connectivity index (χ0n) is 15.3. The van der Waals surface area contributed by atoms with E-state index in [2.05, 4.69) is 25.0 Å². The van der Waals surface area contributed by atoms with E-state index in [0.29, 0.717) is 12.4 Å². The van der Waals surface area contributed by atoms with Gasteiger partial charge < -0.3 is 14.4 Å². The predicted octanol–water partition coefficient (Wildman–Crippen LogP) is 1.78. The minimum Gasteiger partial charge on any atom is -0.373 e. The maximum absolute atomic E-state index is 6.16. The highest BCUT2D eigenvalue weighted by atomic mass is 16.5. The van der Waals surface area contributed by atoms with E-state index >= 15 is 0 Å². The summed E-state index contributed by atoms with van der Waals surface area (Å²) in [7, 11) is 0. The standard InChI is InChI=1S/C19H22N6O2/c1-14-7-17(25-18(23-14)21-13-22-25)24-11-19(12-24)8-16(4-6-27-19)26-10-15-3-2-5-20-9-15/h2-3,5,7,9,13,16H,4,6,8,10-12H2,1H3. The highest BCUT2D eigenvalue weighted by Gasteiger charge is 2.48. The molecule has 0 bridgehead atoms. The molecule has 0 N–H and O–H groups in total. The van der Waals surface area contributed by atoms with Gasteiger partial charge in [-0.15, -0.1) is 0 Å². The number of hydrogen-bond acceptors (Lipinski definition) is 7.